The largest absolute Gasteiger partial charge is 0.497 e. The van der Waals surface area contributed by atoms with Crippen molar-refractivity contribution in [2.24, 2.45) is 0 Å². The first kappa shape index (κ1) is 19.4. The van der Waals surface area contributed by atoms with E-state index in [2.05, 4.69) is 5.32 Å². The molecule has 0 spiro atoms. The number of carbonyl (C=O) groups is 1. The lowest BCUT2D eigenvalue weighted by molar-refractivity contribution is -0.116. The predicted molar refractivity (Wildman–Crippen MR) is 108 cm³/mol. The minimum Gasteiger partial charge on any atom is -0.497 e. The lowest BCUT2D eigenvalue weighted by Crippen LogP contribution is -2.19. The molecule has 1 N–H and O–H groups in total. The van der Waals surface area contributed by atoms with Crippen molar-refractivity contribution >= 4 is 11.6 Å². The molecule has 3 aromatic rings. The number of nitrogens with zero attached hydrogens (tertiary/aromatic N) is 1. The molecule has 146 valence electrons. The van der Waals surface area contributed by atoms with E-state index >= 15 is 0 Å². The first-order valence-electron chi connectivity index (χ1n) is 8.93. The standard InChI is InChI=1S/C22H24N2O4/c1-26-18-9-6-16(7-10-18)19(24-12-4-5-13-24)15-22(25)23-17-8-11-20(27-2)21(14-17)28-3/h4-14,19H,15H2,1-3H3,(H,23,25)/t19-/m0/s1. The summed E-state index contributed by atoms with van der Waals surface area (Å²) in [5.41, 5.74) is 1.68. The Bertz CT molecular complexity index is 905. The van der Waals surface area contributed by atoms with Gasteiger partial charge in [0.25, 0.3) is 0 Å². The fourth-order valence-electron chi connectivity index (χ4n) is 3.08. The van der Waals surface area contributed by atoms with Gasteiger partial charge < -0.3 is 24.1 Å². The second-order valence-electron chi connectivity index (χ2n) is 6.24. The second-order valence-corrected chi connectivity index (χ2v) is 6.24. The van der Waals surface area contributed by atoms with Gasteiger partial charge in [0.1, 0.15) is 5.75 Å². The maximum Gasteiger partial charge on any atom is 0.226 e. The van der Waals surface area contributed by atoms with Crippen molar-refractivity contribution in [3.63, 3.8) is 0 Å². The molecule has 0 unspecified atom stereocenters. The number of carbonyl (C=O) groups excluding carboxylic acids is 1. The number of aromatic nitrogens is 1. The highest BCUT2D eigenvalue weighted by atomic mass is 16.5. The van der Waals surface area contributed by atoms with Gasteiger partial charge in [0.15, 0.2) is 11.5 Å². The maximum atomic E-state index is 12.7. The molecule has 6 nitrogen and oxygen atoms in total. The highest BCUT2D eigenvalue weighted by Gasteiger charge is 2.18. The Balaban J connectivity index is 1.78. The lowest BCUT2D eigenvalue weighted by atomic mass is 10.0. The van der Waals surface area contributed by atoms with E-state index < -0.39 is 0 Å². The highest BCUT2D eigenvalue weighted by molar-refractivity contribution is 5.91. The smallest absolute Gasteiger partial charge is 0.226 e. The van der Waals surface area contributed by atoms with Gasteiger partial charge in [0, 0.05) is 24.1 Å². The summed E-state index contributed by atoms with van der Waals surface area (Å²) >= 11 is 0. The third kappa shape index (κ3) is 4.46. The van der Waals surface area contributed by atoms with Gasteiger partial charge in [-0.25, -0.2) is 0 Å². The van der Waals surface area contributed by atoms with Crippen LogP contribution in [-0.4, -0.2) is 31.8 Å². The molecule has 1 aromatic heterocycles. The molecule has 1 heterocycles. The number of methoxy groups -OCH3 is 3. The van der Waals surface area contributed by atoms with Crippen LogP contribution in [0.5, 0.6) is 17.2 Å². The summed E-state index contributed by atoms with van der Waals surface area (Å²) in [7, 11) is 4.77. The molecule has 0 radical (unpaired) electrons. The Labute approximate surface area is 164 Å². The molecule has 0 aliphatic rings. The van der Waals surface area contributed by atoms with Crippen LogP contribution in [0.25, 0.3) is 0 Å². The van der Waals surface area contributed by atoms with Gasteiger partial charge in [-0.2, -0.15) is 0 Å². The van der Waals surface area contributed by atoms with E-state index in [1.807, 2.05) is 53.4 Å². The van der Waals surface area contributed by atoms with E-state index in [4.69, 9.17) is 14.2 Å². The quantitative estimate of drug-likeness (QED) is 0.638. The summed E-state index contributed by atoms with van der Waals surface area (Å²) in [4.78, 5) is 12.7. The average Bonchev–Trinajstić information content (AvgIpc) is 3.26. The Morgan fingerprint density at radius 3 is 2.21 bits per heavy atom. The monoisotopic (exact) mass is 380 g/mol. The summed E-state index contributed by atoms with van der Waals surface area (Å²) in [5, 5.41) is 2.94. The topological polar surface area (TPSA) is 61.7 Å². The van der Waals surface area contributed by atoms with Gasteiger partial charge in [-0.1, -0.05) is 12.1 Å². The van der Waals surface area contributed by atoms with Crippen LogP contribution >= 0.6 is 0 Å². The van der Waals surface area contributed by atoms with E-state index in [0.29, 0.717) is 17.2 Å². The van der Waals surface area contributed by atoms with Gasteiger partial charge in [-0.15, -0.1) is 0 Å². The van der Waals surface area contributed by atoms with Crippen LogP contribution in [0.4, 0.5) is 5.69 Å². The van der Waals surface area contributed by atoms with Gasteiger partial charge in [0.2, 0.25) is 5.91 Å². The number of hydrogen-bond acceptors (Lipinski definition) is 4. The Morgan fingerprint density at radius 1 is 0.929 bits per heavy atom. The van der Waals surface area contributed by atoms with Gasteiger partial charge in [-0.3, -0.25) is 4.79 Å². The molecule has 0 saturated heterocycles. The Hall–Kier alpha value is -3.41. The number of benzene rings is 2. The van der Waals surface area contributed by atoms with Crippen LogP contribution in [0, 0.1) is 0 Å². The normalized spacial score (nSPS) is 11.5. The van der Waals surface area contributed by atoms with Crippen molar-refractivity contribution in [3.8, 4) is 17.2 Å². The van der Waals surface area contributed by atoms with Crippen molar-refractivity contribution in [2.75, 3.05) is 26.6 Å². The Kier molecular flexibility index (Phi) is 6.22. The molecule has 3 rings (SSSR count). The molecule has 28 heavy (non-hydrogen) atoms. The van der Waals surface area contributed by atoms with Crippen LogP contribution in [0.3, 0.4) is 0 Å². The highest BCUT2D eigenvalue weighted by Crippen LogP contribution is 2.30. The van der Waals surface area contributed by atoms with Gasteiger partial charge in [-0.05, 0) is 42.0 Å². The number of ether oxygens (including phenoxy) is 3. The van der Waals surface area contributed by atoms with Crippen molar-refractivity contribution in [3.05, 3.63) is 72.6 Å². The second kappa shape index (κ2) is 8.99. The molecule has 0 bridgehead atoms. The summed E-state index contributed by atoms with van der Waals surface area (Å²) in [6.07, 6.45) is 4.20. The third-order valence-corrected chi connectivity index (χ3v) is 4.53. The van der Waals surface area contributed by atoms with Gasteiger partial charge in [0.05, 0.1) is 33.8 Å². The molecule has 2 aromatic carbocycles. The van der Waals surface area contributed by atoms with E-state index in [1.54, 1.807) is 39.5 Å². The summed E-state index contributed by atoms with van der Waals surface area (Å²) in [5.74, 6) is 1.87. The number of nitrogens with one attached hydrogen (secondary N) is 1. The summed E-state index contributed by atoms with van der Waals surface area (Å²) in [6.45, 7) is 0. The first-order chi connectivity index (χ1) is 13.6. The van der Waals surface area contributed by atoms with Crippen LogP contribution in [-0.2, 0) is 4.79 Å². The molecule has 1 atom stereocenters. The average molecular weight is 380 g/mol. The van der Waals surface area contributed by atoms with E-state index in [0.717, 1.165) is 11.3 Å². The van der Waals surface area contributed by atoms with Crippen LogP contribution < -0.4 is 19.5 Å². The van der Waals surface area contributed by atoms with E-state index in [9.17, 15) is 4.79 Å². The number of rotatable bonds is 8. The maximum absolute atomic E-state index is 12.7. The van der Waals surface area contributed by atoms with Crippen LogP contribution in [0.1, 0.15) is 18.0 Å². The number of anilines is 1. The first-order valence-corrected chi connectivity index (χ1v) is 8.93. The minimum atomic E-state index is -0.124. The number of hydrogen-bond donors (Lipinski definition) is 1. The SMILES string of the molecule is COc1ccc([C@H](CC(=O)Nc2ccc(OC)c(OC)c2)n2cccc2)cc1. The third-order valence-electron chi connectivity index (χ3n) is 4.53. The molecule has 0 aliphatic heterocycles. The van der Waals surface area contributed by atoms with Crippen LogP contribution in [0.2, 0.25) is 0 Å². The summed E-state index contributed by atoms with van der Waals surface area (Å²) in [6, 6.07) is 16.8. The molecule has 0 aliphatic carbocycles. The van der Waals surface area contributed by atoms with Crippen LogP contribution in [0.15, 0.2) is 67.0 Å². The minimum absolute atomic E-state index is 0.0956. The molecule has 1 amide bonds. The molecular formula is C22H24N2O4. The predicted octanol–water partition coefficient (Wildman–Crippen LogP) is 4.13. The summed E-state index contributed by atoms with van der Waals surface area (Å²) < 4.78 is 17.8. The van der Waals surface area contributed by atoms with Crippen molar-refractivity contribution < 1.29 is 19.0 Å². The zero-order chi connectivity index (χ0) is 19.9. The lowest BCUT2D eigenvalue weighted by Gasteiger charge is -2.20. The molecule has 0 fully saturated rings. The Morgan fingerprint density at radius 2 is 1.61 bits per heavy atom. The van der Waals surface area contributed by atoms with Crippen molar-refractivity contribution in [1.29, 1.82) is 0 Å². The fraction of sp³-hybridized carbons (Fsp3) is 0.227. The zero-order valence-electron chi connectivity index (χ0n) is 16.2. The zero-order valence-corrected chi connectivity index (χ0v) is 16.2. The van der Waals surface area contributed by atoms with E-state index in [1.165, 1.54) is 0 Å². The fourth-order valence-corrected chi connectivity index (χ4v) is 3.08. The van der Waals surface area contributed by atoms with Crippen molar-refractivity contribution in [1.82, 2.24) is 4.57 Å². The molecule has 0 saturated carbocycles. The van der Waals surface area contributed by atoms with E-state index in [-0.39, 0.29) is 18.4 Å². The van der Waals surface area contributed by atoms with Crippen molar-refractivity contribution in [2.45, 2.75) is 12.5 Å². The number of amides is 1. The molecule has 6 heteroatoms. The van der Waals surface area contributed by atoms with Gasteiger partial charge >= 0.3 is 0 Å². The molecular weight excluding hydrogens is 356 g/mol.